The molecule has 1 aliphatic heterocycles. The zero-order chi connectivity index (χ0) is 13.1. The van der Waals surface area contributed by atoms with Crippen molar-refractivity contribution in [3.8, 4) is 0 Å². The Hall–Kier alpha value is -2.36. The van der Waals surface area contributed by atoms with Gasteiger partial charge in [-0.15, -0.1) is 0 Å². The van der Waals surface area contributed by atoms with Crippen LogP contribution in [0.2, 0.25) is 0 Å². The molecule has 4 heteroatoms. The van der Waals surface area contributed by atoms with Crippen LogP contribution >= 0.6 is 0 Å². The first-order valence-corrected chi connectivity index (χ1v) is 6.27. The largest absolute Gasteiger partial charge is 0.383 e. The zero-order valence-corrected chi connectivity index (χ0v) is 10.4. The first-order valence-electron chi connectivity index (χ1n) is 6.27. The lowest BCUT2D eigenvalue weighted by Gasteiger charge is -2.27. The Kier molecular flexibility index (Phi) is 3.14. The van der Waals surface area contributed by atoms with Gasteiger partial charge in [0.1, 0.15) is 11.5 Å². The number of carbonyl (C=O) groups is 1. The molecule has 0 bridgehead atoms. The van der Waals surface area contributed by atoms with Gasteiger partial charge in [-0.05, 0) is 18.1 Å². The number of aliphatic imine (C=N–C) groups is 1. The molecule has 1 aliphatic carbocycles. The third kappa shape index (κ3) is 2.42. The number of hydrogen-bond acceptors (Lipinski definition) is 3. The summed E-state index contributed by atoms with van der Waals surface area (Å²) in [6, 6.07) is 9.89. The summed E-state index contributed by atoms with van der Waals surface area (Å²) in [4.78, 5) is 21.5. The van der Waals surface area contributed by atoms with E-state index in [2.05, 4.69) is 10.5 Å². The Morgan fingerprint density at radius 3 is 3.00 bits per heavy atom. The number of hydroxylamine groups is 1. The average molecular weight is 254 g/mol. The van der Waals surface area contributed by atoms with Crippen molar-refractivity contribution in [1.29, 1.82) is 0 Å². The van der Waals surface area contributed by atoms with Crippen molar-refractivity contribution < 1.29 is 9.63 Å². The number of carbonyl (C=O) groups excluding carboxylic acids is 1. The summed E-state index contributed by atoms with van der Waals surface area (Å²) in [7, 11) is 0. The standard InChI is InChI=1S/C15H14N2O2/c18-15-14(16-10-11-6-2-1-3-7-11)12-8-4-5-9-13(12)19-17-15/h1-7,9,12H,8,10H2,(H,17,18). The quantitative estimate of drug-likeness (QED) is 0.879. The fourth-order valence-electron chi connectivity index (χ4n) is 2.22. The third-order valence-corrected chi connectivity index (χ3v) is 3.21. The Balaban J connectivity index is 1.83. The average Bonchev–Trinajstić information content (AvgIpc) is 2.47. The summed E-state index contributed by atoms with van der Waals surface area (Å²) >= 11 is 0. The van der Waals surface area contributed by atoms with Crippen molar-refractivity contribution in [3.05, 3.63) is 59.9 Å². The maximum Gasteiger partial charge on any atom is 0.298 e. The summed E-state index contributed by atoms with van der Waals surface area (Å²) in [5.74, 6) is 0.463. The summed E-state index contributed by atoms with van der Waals surface area (Å²) in [6.07, 6.45) is 6.57. The highest BCUT2D eigenvalue weighted by atomic mass is 16.7. The lowest BCUT2D eigenvalue weighted by molar-refractivity contribution is -0.126. The van der Waals surface area contributed by atoms with Gasteiger partial charge in [0.05, 0.1) is 12.5 Å². The monoisotopic (exact) mass is 254 g/mol. The number of nitrogens with zero attached hydrogens (tertiary/aromatic N) is 1. The highest BCUT2D eigenvalue weighted by Crippen LogP contribution is 2.26. The van der Waals surface area contributed by atoms with E-state index < -0.39 is 0 Å². The molecule has 1 amide bonds. The number of fused-ring (bicyclic) bond motifs is 1. The van der Waals surface area contributed by atoms with E-state index in [9.17, 15) is 4.79 Å². The van der Waals surface area contributed by atoms with E-state index in [-0.39, 0.29) is 11.8 Å². The summed E-state index contributed by atoms with van der Waals surface area (Å²) < 4.78 is 0. The SMILES string of the molecule is O=C1NOC2=CC=CCC2C1=NCc1ccccc1. The minimum atomic E-state index is -0.242. The minimum Gasteiger partial charge on any atom is -0.383 e. The molecule has 1 aromatic rings. The molecule has 0 radical (unpaired) electrons. The summed E-state index contributed by atoms with van der Waals surface area (Å²) in [5.41, 5.74) is 4.03. The molecule has 4 nitrogen and oxygen atoms in total. The van der Waals surface area contributed by atoms with Crippen LogP contribution in [0.5, 0.6) is 0 Å². The van der Waals surface area contributed by atoms with Gasteiger partial charge in [0, 0.05) is 0 Å². The van der Waals surface area contributed by atoms with Crippen molar-refractivity contribution in [2.45, 2.75) is 13.0 Å². The second-order valence-corrected chi connectivity index (χ2v) is 4.51. The molecule has 1 saturated heterocycles. The first kappa shape index (κ1) is 11.7. The molecule has 0 saturated carbocycles. The van der Waals surface area contributed by atoms with Crippen LogP contribution in [0, 0.1) is 5.92 Å². The van der Waals surface area contributed by atoms with Gasteiger partial charge in [0.2, 0.25) is 0 Å². The van der Waals surface area contributed by atoms with E-state index in [4.69, 9.17) is 4.84 Å². The molecule has 96 valence electrons. The maximum absolute atomic E-state index is 11.9. The van der Waals surface area contributed by atoms with Crippen molar-refractivity contribution >= 4 is 11.6 Å². The number of benzene rings is 1. The molecular weight excluding hydrogens is 240 g/mol. The van der Waals surface area contributed by atoms with Gasteiger partial charge in [0.15, 0.2) is 0 Å². The van der Waals surface area contributed by atoms with Crippen LogP contribution in [0.3, 0.4) is 0 Å². The first-order chi connectivity index (χ1) is 9.34. The molecular formula is C15H14N2O2. The van der Waals surface area contributed by atoms with Crippen molar-refractivity contribution in [3.63, 3.8) is 0 Å². The summed E-state index contributed by atoms with van der Waals surface area (Å²) in [6.45, 7) is 0.511. The lowest BCUT2D eigenvalue weighted by Crippen LogP contribution is -2.43. The van der Waals surface area contributed by atoms with E-state index in [0.717, 1.165) is 17.7 Å². The molecule has 1 unspecified atom stereocenters. The molecule has 1 heterocycles. The fourth-order valence-corrected chi connectivity index (χ4v) is 2.22. The number of allylic oxidation sites excluding steroid dienone is 4. The van der Waals surface area contributed by atoms with Gasteiger partial charge in [-0.1, -0.05) is 42.5 Å². The van der Waals surface area contributed by atoms with E-state index in [1.165, 1.54) is 0 Å². The van der Waals surface area contributed by atoms with Crippen molar-refractivity contribution in [2.24, 2.45) is 10.9 Å². The smallest absolute Gasteiger partial charge is 0.298 e. The van der Waals surface area contributed by atoms with Crippen LogP contribution in [0.4, 0.5) is 0 Å². The second-order valence-electron chi connectivity index (χ2n) is 4.51. The van der Waals surface area contributed by atoms with Crippen LogP contribution in [-0.4, -0.2) is 11.6 Å². The van der Waals surface area contributed by atoms with Crippen LogP contribution < -0.4 is 5.48 Å². The lowest BCUT2D eigenvalue weighted by atomic mass is 9.92. The van der Waals surface area contributed by atoms with E-state index >= 15 is 0 Å². The van der Waals surface area contributed by atoms with E-state index in [1.807, 2.05) is 48.6 Å². The van der Waals surface area contributed by atoms with E-state index in [1.54, 1.807) is 0 Å². The molecule has 0 aromatic heterocycles. The molecule has 1 N–H and O–H groups in total. The van der Waals surface area contributed by atoms with Gasteiger partial charge in [-0.25, -0.2) is 0 Å². The Morgan fingerprint density at radius 1 is 1.32 bits per heavy atom. The van der Waals surface area contributed by atoms with Gasteiger partial charge in [0.25, 0.3) is 5.91 Å². The minimum absolute atomic E-state index is 0.0533. The van der Waals surface area contributed by atoms with Gasteiger partial charge in [-0.2, -0.15) is 5.48 Å². The Morgan fingerprint density at radius 2 is 2.16 bits per heavy atom. The molecule has 0 spiro atoms. The van der Waals surface area contributed by atoms with Gasteiger partial charge >= 0.3 is 0 Å². The zero-order valence-electron chi connectivity index (χ0n) is 10.4. The van der Waals surface area contributed by atoms with Crippen molar-refractivity contribution in [1.82, 2.24) is 5.48 Å². The van der Waals surface area contributed by atoms with Crippen LogP contribution in [-0.2, 0) is 16.2 Å². The van der Waals surface area contributed by atoms with Crippen molar-refractivity contribution in [2.75, 3.05) is 0 Å². The Labute approximate surface area is 111 Å². The fraction of sp³-hybridized carbons (Fsp3) is 0.200. The third-order valence-electron chi connectivity index (χ3n) is 3.21. The van der Waals surface area contributed by atoms with Crippen LogP contribution in [0.25, 0.3) is 0 Å². The second kappa shape index (κ2) is 5.10. The predicted octanol–water partition coefficient (Wildman–Crippen LogP) is 2.15. The number of amides is 1. The van der Waals surface area contributed by atoms with Gasteiger partial charge < -0.3 is 4.84 Å². The predicted molar refractivity (Wildman–Crippen MR) is 72.1 cm³/mol. The Bertz CT molecular complexity index is 573. The van der Waals surface area contributed by atoms with Crippen LogP contribution in [0.1, 0.15) is 12.0 Å². The summed E-state index contributed by atoms with van der Waals surface area (Å²) in [5, 5.41) is 0. The van der Waals surface area contributed by atoms with E-state index in [0.29, 0.717) is 12.3 Å². The topological polar surface area (TPSA) is 50.7 Å². The molecule has 1 aromatic carbocycles. The molecule has 1 atom stereocenters. The molecule has 3 rings (SSSR count). The normalized spacial score (nSPS) is 23.4. The van der Waals surface area contributed by atoms with Crippen LogP contribution in [0.15, 0.2) is 59.3 Å². The highest BCUT2D eigenvalue weighted by molar-refractivity contribution is 6.40. The molecule has 19 heavy (non-hydrogen) atoms. The highest BCUT2D eigenvalue weighted by Gasteiger charge is 2.33. The number of nitrogens with one attached hydrogen (secondary N) is 1. The maximum atomic E-state index is 11.9. The molecule has 2 aliphatic rings. The van der Waals surface area contributed by atoms with Gasteiger partial charge in [-0.3, -0.25) is 9.79 Å². The number of hydrogen-bond donors (Lipinski definition) is 1. The number of rotatable bonds is 2. The molecule has 1 fully saturated rings.